The Morgan fingerprint density at radius 2 is 1.61 bits per heavy atom. The minimum atomic E-state index is -0.0781. The minimum Gasteiger partial charge on any atom is -0.353 e. The first-order valence-electron chi connectivity index (χ1n) is 10.7. The number of hydrogen-bond acceptors (Lipinski definition) is 7. The van der Waals surface area contributed by atoms with E-state index in [1.165, 1.54) is 0 Å². The first-order valence-corrected chi connectivity index (χ1v) is 10.7. The fourth-order valence-electron chi connectivity index (χ4n) is 3.62. The normalized spacial score (nSPS) is 15.3. The SMILES string of the molecule is CC(C)(C)c1ccc(N2CCN(CCn3nc(-c4ccncc4)ccc3=O)CC2)nn1. The Hall–Kier alpha value is -3.13. The van der Waals surface area contributed by atoms with E-state index in [-0.39, 0.29) is 11.0 Å². The molecule has 8 nitrogen and oxygen atoms in total. The fraction of sp³-hybridized carbons (Fsp3) is 0.435. The quantitative estimate of drug-likeness (QED) is 0.627. The molecule has 3 aromatic rings. The Morgan fingerprint density at radius 3 is 2.26 bits per heavy atom. The van der Waals surface area contributed by atoms with E-state index in [4.69, 9.17) is 0 Å². The molecule has 8 heteroatoms. The van der Waals surface area contributed by atoms with E-state index < -0.39 is 0 Å². The summed E-state index contributed by atoms with van der Waals surface area (Å²) in [5, 5.41) is 13.4. The molecule has 3 aromatic heterocycles. The highest BCUT2D eigenvalue weighted by atomic mass is 16.1. The smallest absolute Gasteiger partial charge is 0.266 e. The number of pyridine rings is 1. The van der Waals surface area contributed by atoms with E-state index in [0.717, 1.165) is 55.5 Å². The van der Waals surface area contributed by atoms with Crippen molar-refractivity contribution in [3.05, 3.63) is 64.8 Å². The van der Waals surface area contributed by atoms with Crippen molar-refractivity contribution in [1.29, 1.82) is 0 Å². The average Bonchev–Trinajstić information content (AvgIpc) is 2.79. The molecule has 0 unspecified atom stereocenters. The van der Waals surface area contributed by atoms with Crippen LogP contribution >= 0.6 is 0 Å². The molecule has 0 saturated carbocycles. The summed E-state index contributed by atoms with van der Waals surface area (Å²) in [4.78, 5) is 20.9. The lowest BCUT2D eigenvalue weighted by Gasteiger charge is -2.35. The van der Waals surface area contributed by atoms with Crippen molar-refractivity contribution in [2.45, 2.75) is 32.7 Å². The highest BCUT2D eigenvalue weighted by molar-refractivity contribution is 5.57. The number of hydrogen-bond donors (Lipinski definition) is 0. The van der Waals surface area contributed by atoms with Gasteiger partial charge in [0.1, 0.15) is 0 Å². The molecule has 0 amide bonds. The summed E-state index contributed by atoms with van der Waals surface area (Å²) in [7, 11) is 0. The predicted molar refractivity (Wildman–Crippen MR) is 121 cm³/mol. The van der Waals surface area contributed by atoms with Crippen molar-refractivity contribution in [2.24, 2.45) is 0 Å². The van der Waals surface area contributed by atoms with Gasteiger partial charge in [-0.05, 0) is 30.3 Å². The summed E-state index contributed by atoms with van der Waals surface area (Å²) >= 11 is 0. The van der Waals surface area contributed by atoms with Gasteiger partial charge in [0, 0.05) is 62.2 Å². The molecule has 1 saturated heterocycles. The number of anilines is 1. The van der Waals surface area contributed by atoms with Crippen LogP contribution in [0.2, 0.25) is 0 Å². The van der Waals surface area contributed by atoms with E-state index >= 15 is 0 Å². The largest absolute Gasteiger partial charge is 0.353 e. The van der Waals surface area contributed by atoms with Gasteiger partial charge in [0.05, 0.1) is 17.9 Å². The number of aromatic nitrogens is 5. The van der Waals surface area contributed by atoms with Crippen molar-refractivity contribution in [1.82, 2.24) is 29.9 Å². The molecule has 1 aliphatic heterocycles. The highest BCUT2D eigenvalue weighted by Crippen LogP contribution is 2.21. The Kier molecular flexibility index (Phi) is 6.08. The molecular formula is C23H29N7O. The zero-order chi connectivity index (χ0) is 21.8. The maximum absolute atomic E-state index is 12.3. The van der Waals surface area contributed by atoms with Gasteiger partial charge in [-0.2, -0.15) is 10.2 Å². The lowest BCUT2D eigenvalue weighted by molar-refractivity contribution is 0.242. The van der Waals surface area contributed by atoms with Gasteiger partial charge >= 0.3 is 0 Å². The first-order chi connectivity index (χ1) is 14.9. The van der Waals surface area contributed by atoms with Crippen molar-refractivity contribution < 1.29 is 0 Å². The van der Waals surface area contributed by atoms with E-state index in [9.17, 15) is 4.79 Å². The van der Waals surface area contributed by atoms with Gasteiger partial charge in [0.2, 0.25) is 0 Å². The van der Waals surface area contributed by atoms with Gasteiger partial charge in [-0.25, -0.2) is 4.68 Å². The molecule has 0 spiro atoms. The van der Waals surface area contributed by atoms with Crippen LogP contribution in [0.4, 0.5) is 5.82 Å². The van der Waals surface area contributed by atoms with Crippen LogP contribution in [0.5, 0.6) is 0 Å². The van der Waals surface area contributed by atoms with Gasteiger partial charge in [-0.15, -0.1) is 5.10 Å². The third kappa shape index (κ3) is 5.14. The second-order valence-electron chi connectivity index (χ2n) is 8.87. The molecule has 0 radical (unpaired) electrons. The van der Waals surface area contributed by atoms with Crippen LogP contribution < -0.4 is 10.5 Å². The second-order valence-corrected chi connectivity index (χ2v) is 8.87. The summed E-state index contributed by atoms with van der Waals surface area (Å²) in [6.45, 7) is 11.4. The van der Waals surface area contributed by atoms with Gasteiger partial charge in [-0.1, -0.05) is 20.8 Å². The molecular weight excluding hydrogens is 390 g/mol. The van der Waals surface area contributed by atoms with E-state index in [0.29, 0.717) is 6.54 Å². The zero-order valence-corrected chi connectivity index (χ0v) is 18.4. The van der Waals surface area contributed by atoms with Crippen LogP contribution in [0.15, 0.2) is 53.6 Å². The van der Waals surface area contributed by atoms with Crippen LogP contribution in [0.1, 0.15) is 26.5 Å². The Balaban J connectivity index is 1.33. The van der Waals surface area contributed by atoms with E-state index in [2.05, 4.69) is 63.0 Å². The van der Waals surface area contributed by atoms with Crippen molar-refractivity contribution in [3.63, 3.8) is 0 Å². The van der Waals surface area contributed by atoms with Crippen molar-refractivity contribution in [2.75, 3.05) is 37.6 Å². The lowest BCUT2D eigenvalue weighted by atomic mass is 9.92. The molecule has 0 aromatic carbocycles. The molecule has 162 valence electrons. The lowest BCUT2D eigenvalue weighted by Crippen LogP contribution is -2.48. The molecule has 4 rings (SSSR count). The topological polar surface area (TPSA) is 80.0 Å². The average molecular weight is 420 g/mol. The monoisotopic (exact) mass is 419 g/mol. The third-order valence-corrected chi connectivity index (χ3v) is 5.59. The standard InChI is InChI=1S/C23H29N7O/c1-23(2,3)20-5-6-21(26-25-20)29-15-12-28(13-16-29)14-17-30-22(31)7-4-19(27-30)18-8-10-24-11-9-18/h4-11H,12-17H2,1-3H3. The summed E-state index contributed by atoms with van der Waals surface area (Å²) in [5.74, 6) is 0.926. The van der Waals surface area contributed by atoms with Crippen molar-refractivity contribution in [3.8, 4) is 11.3 Å². The number of nitrogens with zero attached hydrogens (tertiary/aromatic N) is 7. The molecule has 0 N–H and O–H groups in total. The molecule has 4 heterocycles. The zero-order valence-electron chi connectivity index (χ0n) is 18.4. The molecule has 0 aliphatic carbocycles. The number of rotatable bonds is 5. The first kappa shape index (κ1) is 21.1. The van der Waals surface area contributed by atoms with Crippen LogP contribution in [0.3, 0.4) is 0 Å². The van der Waals surface area contributed by atoms with Gasteiger partial charge < -0.3 is 4.90 Å². The van der Waals surface area contributed by atoms with E-state index in [1.54, 1.807) is 29.2 Å². The van der Waals surface area contributed by atoms with Gasteiger partial charge in [-0.3, -0.25) is 14.7 Å². The molecule has 0 bridgehead atoms. The maximum atomic E-state index is 12.3. The minimum absolute atomic E-state index is 0.00501. The second kappa shape index (κ2) is 8.93. The molecule has 31 heavy (non-hydrogen) atoms. The summed E-state index contributed by atoms with van der Waals surface area (Å²) in [5.41, 5.74) is 2.66. The summed E-state index contributed by atoms with van der Waals surface area (Å²) in [6.07, 6.45) is 3.46. The van der Waals surface area contributed by atoms with Crippen LogP contribution in [0.25, 0.3) is 11.3 Å². The van der Waals surface area contributed by atoms with Crippen LogP contribution in [-0.4, -0.2) is 62.6 Å². The third-order valence-electron chi connectivity index (χ3n) is 5.59. The Labute approximate surface area is 182 Å². The predicted octanol–water partition coefficient (Wildman–Crippen LogP) is 2.21. The highest BCUT2D eigenvalue weighted by Gasteiger charge is 2.20. The van der Waals surface area contributed by atoms with Crippen LogP contribution in [0, 0.1) is 0 Å². The fourth-order valence-corrected chi connectivity index (χ4v) is 3.62. The summed E-state index contributed by atoms with van der Waals surface area (Å²) in [6, 6.07) is 11.3. The van der Waals surface area contributed by atoms with Gasteiger partial charge in [0.15, 0.2) is 5.82 Å². The molecule has 1 fully saturated rings. The van der Waals surface area contributed by atoms with Crippen molar-refractivity contribution >= 4 is 5.82 Å². The Bertz CT molecular complexity index is 1050. The maximum Gasteiger partial charge on any atom is 0.266 e. The Morgan fingerprint density at radius 1 is 0.871 bits per heavy atom. The molecule has 1 aliphatic rings. The summed E-state index contributed by atoms with van der Waals surface area (Å²) < 4.78 is 1.55. The van der Waals surface area contributed by atoms with Gasteiger partial charge in [0.25, 0.3) is 5.56 Å². The molecule has 0 atom stereocenters. The van der Waals surface area contributed by atoms with Crippen LogP contribution in [-0.2, 0) is 12.0 Å². The van der Waals surface area contributed by atoms with E-state index in [1.807, 2.05) is 12.1 Å². The number of piperazine rings is 1.